The number of aromatic nitrogens is 4. The Balaban J connectivity index is 1.52. The van der Waals surface area contributed by atoms with Crippen LogP contribution in [0.5, 0.6) is 0 Å². The van der Waals surface area contributed by atoms with Crippen LogP contribution in [-0.2, 0) is 0 Å². The van der Waals surface area contributed by atoms with Gasteiger partial charge in [-0.25, -0.2) is 8.78 Å². The molecule has 36 heavy (non-hydrogen) atoms. The highest BCUT2D eigenvalue weighted by Gasteiger charge is 2.70. The number of fused-ring (bicyclic) bond motifs is 2. The molecule has 5 rings (SSSR count). The van der Waals surface area contributed by atoms with E-state index >= 15 is 8.78 Å². The van der Waals surface area contributed by atoms with E-state index < -0.39 is 35.1 Å². The highest BCUT2D eigenvalue weighted by molar-refractivity contribution is 6.33. The number of allylic oxidation sites excluding steroid dienone is 1. The van der Waals surface area contributed by atoms with Crippen LogP contribution in [0, 0.1) is 34.3 Å². The summed E-state index contributed by atoms with van der Waals surface area (Å²) < 4.78 is 70.4. The molecular formula is C24H24ClF5N6. The molecule has 0 radical (unpaired) electrons. The van der Waals surface area contributed by atoms with Gasteiger partial charge in [0.05, 0.1) is 11.1 Å². The van der Waals surface area contributed by atoms with Crippen molar-refractivity contribution in [2.45, 2.75) is 26.9 Å². The lowest BCUT2D eigenvalue weighted by atomic mass is 9.75. The maximum Gasteiger partial charge on any atom is 0.405 e. The number of nitrogens with zero attached hydrogens (tertiary/aromatic N) is 4. The molecule has 0 unspecified atom stereocenters. The molecule has 1 aliphatic carbocycles. The number of alkyl halides is 3. The molecule has 3 heterocycles. The van der Waals surface area contributed by atoms with Crippen LogP contribution in [0.3, 0.4) is 0 Å². The molecule has 3 atom stereocenters. The van der Waals surface area contributed by atoms with Crippen LogP contribution in [0.1, 0.15) is 26.3 Å². The largest absolute Gasteiger partial charge is 0.405 e. The number of nitrogens with one attached hydrogen (secondary N) is 2. The fraction of sp³-hybridized carbons (Fsp3) is 0.458. The Hall–Kier alpha value is -2.79. The molecule has 0 amide bonds. The van der Waals surface area contributed by atoms with Crippen molar-refractivity contribution in [2.75, 3.05) is 25.0 Å². The number of hydrogen-bond acceptors (Lipinski definition) is 5. The summed E-state index contributed by atoms with van der Waals surface area (Å²) in [7, 11) is 0. The number of halogens is 6. The number of rotatable bonds is 5. The Morgan fingerprint density at radius 1 is 1.19 bits per heavy atom. The van der Waals surface area contributed by atoms with E-state index in [0.717, 1.165) is 36.1 Å². The zero-order valence-electron chi connectivity index (χ0n) is 19.7. The number of anilines is 1. The lowest BCUT2D eigenvalue weighted by Crippen LogP contribution is -2.30. The Morgan fingerprint density at radius 3 is 2.50 bits per heavy atom. The Kier molecular flexibility index (Phi) is 5.79. The predicted molar refractivity (Wildman–Crippen MR) is 126 cm³/mol. The highest BCUT2D eigenvalue weighted by atomic mass is 35.5. The smallest absolute Gasteiger partial charge is 0.360 e. The van der Waals surface area contributed by atoms with Crippen molar-refractivity contribution in [1.82, 2.24) is 24.9 Å². The van der Waals surface area contributed by atoms with Crippen LogP contribution in [0.2, 0.25) is 5.15 Å². The van der Waals surface area contributed by atoms with Crippen LogP contribution >= 0.6 is 11.6 Å². The third kappa shape index (κ3) is 4.02. The summed E-state index contributed by atoms with van der Waals surface area (Å²) in [6, 6.07) is 2.26. The molecule has 1 saturated carbocycles. The zero-order valence-corrected chi connectivity index (χ0v) is 20.5. The Morgan fingerprint density at radius 2 is 1.89 bits per heavy atom. The van der Waals surface area contributed by atoms with Crippen LogP contribution in [0.25, 0.3) is 23.0 Å². The van der Waals surface area contributed by atoms with Crippen molar-refractivity contribution in [3.05, 3.63) is 46.9 Å². The Bertz CT molecular complexity index is 1340. The van der Waals surface area contributed by atoms with E-state index in [1.165, 1.54) is 0 Å². The summed E-state index contributed by atoms with van der Waals surface area (Å²) in [4.78, 5) is 7.74. The van der Waals surface area contributed by atoms with Gasteiger partial charge in [-0.05, 0) is 46.9 Å². The van der Waals surface area contributed by atoms with Crippen molar-refractivity contribution < 1.29 is 22.0 Å². The van der Waals surface area contributed by atoms with Gasteiger partial charge in [0.25, 0.3) is 5.78 Å². The van der Waals surface area contributed by atoms with E-state index in [1.54, 1.807) is 6.08 Å². The monoisotopic (exact) mass is 526 g/mol. The molecule has 2 aromatic heterocycles. The molecule has 1 saturated heterocycles. The van der Waals surface area contributed by atoms with Gasteiger partial charge in [0.1, 0.15) is 35.5 Å². The minimum absolute atomic E-state index is 0.0695. The first-order valence-corrected chi connectivity index (χ1v) is 11.8. The molecule has 0 spiro atoms. The minimum Gasteiger partial charge on any atom is -0.360 e. The van der Waals surface area contributed by atoms with Crippen molar-refractivity contribution >= 4 is 29.3 Å². The molecule has 2 fully saturated rings. The van der Waals surface area contributed by atoms with Crippen molar-refractivity contribution in [3.63, 3.8) is 0 Å². The molecule has 3 aromatic rings. The van der Waals surface area contributed by atoms with Crippen molar-refractivity contribution in [3.8, 4) is 11.1 Å². The molecule has 192 valence electrons. The molecule has 6 nitrogen and oxygen atoms in total. The first-order chi connectivity index (χ1) is 16.8. The first-order valence-electron chi connectivity index (χ1n) is 11.4. The maximum absolute atomic E-state index is 15.3. The van der Waals surface area contributed by atoms with Gasteiger partial charge in [-0.15, -0.1) is 0 Å². The molecule has 2 N–H and O–H groups in total. The highest BCUT2D eigenvalue weighted by Crippen LogP contribution is 2.70. The van der Waals surface area contributed by atoms with Crippen LogP contribution < -0.4 is 10.6 Å². The third-order valence-electron chi connectivity index (χ3n) is 7.41. The van der Waals surface area contributed by atoms with Crippen LogP contribution in [0.4, 0.5) is 27.8 Å². The number of benzene rings is 1. The van der Waals surface area contributed by atoms with Gasteiger partial charge in [0, 0.05) is 6.54 Å². The summed E-state index contributed by atoms with van der Waals surface area (Å²) >= 11 is 6.19. The van der Waals surface area contributed by atoms with Gasteiger partial charge < -0.3 is 10.6 Å². The molecule has 0 bridgehead atoms. The fourth-order valence-corrected chi connectivity index (χ4v) is 5.96. The normalized spacial score (nSPS) is 24.0. The summed E-state index contributed by atoms with van der Waals surface area (Å²) in [5.41, 5.74) is -0.512. The molecule has 1 aliphatic heterocycles. The second kappa shape index (κ2) is 8.37. The SMILES string of the molecule is CC(C)(C)[C@]12CNC[C@H]1[C@@H]2/C=C/c1cc(F)c(-c2c(Cl)nc3ncnn3c2NCC(F)(F)F)c(F)c1. The van der Waals surface area contributed by atoms with E-state index in [0.29, 0.717) is 11.5 Å². The van der Waals surface area contributed by atoms with Crippen LogP contribution in [0.15, 0.2) is 24.5 Å². The van der Waals surface area contributed by atoms with Crippen molar-refractivity contribution in [1.29, 1.82) is 0 Å². The standard InChI is InChI=1S/C24H24ClF5N6/c1-22(2,3)23-9-31-8-14(23)13(23)5-4-12-6-15(26)17(16(27)7-12)18-19(25)35-21-33-11-34-36(21)20(18)32-10-24(28,29)30/h4-7,11,13-14,31-32H,8-10H2,1-3H3/b5-4+/t13-,14-,23-/m0/s1. The van der Waals surface area contributed by atoms with E-state index in [9.17, 15) is 13.2 Å². The lowest BCUT2D eigenvalue weighted by molar-refractivity contribution is -0.115. The number of hydrogen-bond donors (Lipinski definition) is 2. The fourth-order valence-electron chi connectivity index (χ4n) is 5.70. The van der Waals surface area contributed by atoms with E-state index in [1.807, 2.05) is 6.08 Å². The summed E-state index contributed by atoms with van der Waals surface area (Å²) in [5.74, 6) is -1.72. The van der Waals surface area contributed by atoms with Crippen LogP contribution in [-0.4, -0.2) is 45.4 Å². The summed E-state index contributed by atoms with van der Waals surface area (Å²) in [5, 5.41) is 8.98. The third-order valence-corrected chi connectivity index (χ3v) is 7.68. The number of piperidine rings is 1. The van der Waals surface area contributed by atoms with Gasteiger partial charge in [-0.3, -0.25) is 0 Å². The molecule has 2 aliphatic rings. The maximum atomic E-state index is 15.3. The van der Waals surface area contributed by atoms with Gasteiger partial charge in [-0.1, -0.05) is 44.5 Å². The minimum atomic E-state index is -4.60. The molecule has 12 heteroatoms. The lowest BCUT2D eigenvalue weighted by Gasteiger charge is -2.30. The molecular weight excluding hydrogens is 503 g/mol. The Labute approximate surface area is 209 Å². The second-order valence-corrected chi connectivity index (χ2v) is 10.7. The van der Waals surface area contributed by atoms with E-state index in [2.05, 4.69) is 46.5 Å². The van der Waals surface area contributed by atoms with Crippen molar-refractivity contribution in [2.24, 2.45) is 22.7 Å². The van der Waals surface area contributed by atoms with Gasteiger partial charge in [0.15, 0.2) is 0 Å². The van der Waals surface area contributed by atoms with Gasteiger partial charge >= 0.3 is 6.18 Å². The average Bonchev–Trinajstić information content (AvgIpc) is 3.09. The summed E-state index contributed by atoms with van der Waals surface area (Å²) in [6.45, 7) is 6.90. The second-order valence-electron chi connectivity index (χ2n) is 10.3. The quantitative estimate of drug-likeness (QED) is 0.335. The van der Waals surface area contributed by atoms with E-state index in [-0.39, 0.29) is 33.9 Å². The first kappa shape index (κ1) is 24.9. The summed E-state index contributed by atoms with van der Waals surface area (Å²) in [6.07, 6.45) is 0.133. The zero-order chi connectivity index (χ0) is 26.0. The van der Waals surface area contributed by atoms with Gasteiger partial charge in [-0.2, -0.15) is 32.8 Å². The van der Waals surface area contributed by atoms with Gasteiger partial charge in [0.2, 0.25) is 0 Å². The topological polar surface area (TPSA) is 67.1 Å². The molecule has 1 aromatic carbocycles. The average molecular weight is 527 g/mol. The predicted octanol–water partition coefficient (Wildman–Crippen LogP) is 5.59. The van der Waals surface area contributed by atoms with E-state index in [4.69, 9.17) is 11.6 Å².